The van der Waals surface area contributed by atoms with E-state index in [0.29, 0.717) is 22.2 Å². The first kappa shape index (κ1) is 22.0. The largest absolute Gasteiger partial charge is 0.337 e. The summed E-state index contributed by atoms with van der Waals surface area (Å²) in [5, 5.41) is 12.9. The standard InChI is InChI=1S/C16H22Cl2N4O4/c1-2-3-4-5-11(9-22(26)10-23)15(24)20-21-16(25)19-14-7-6-12(17)8-13(14)18/h6-8,10-11,26H,2-5,9H2,1H3,(H,20,24)(H2,19,21,25)/t11-/m1/s1. The van der Waals surface area contributed by atoms with Crippen molar-refractivity contribution in [1.29, 1.82) is 0 Å². The van der Waals surface area contributed by atoms with E-state index < -0.39 is 17.9 Å². The van der Waals surface area contributed by atoms with Crippen molar-refractivity contribution in [3.05, 3.63) is 28.2 Å². The van der Waals surface area contributed by atoms with Crippen molar-refractivity contribution >= 4 is 47.2 Å². The van der Waals surface area contributed by atoms with Crippen molar-refractivity contribution in [2.24, 2.45) is 5.92 Å². The van der Waals surface area contributed by atoms with Gasteiger partial charge in [-0.05, 0) is 24.6 Å². The number of nitrogens with zero attached hydrogens (tertiary/aromatic N) is 1. The summed E-state index contributed by atoms with van der Waals surface area (Å²) in [7, 11) is 0. The summed E-state index contributed by atoms with van der Waals surface area (Å²) in [5.41, 5.74) is 4.80. The molecule has 0 heterocycles. The summed E-state index contributed by atoms with van der Waals surface area (Å²) in [6.07, 6.45) is 3.33. The second kappa shape index (κ2) is 11.6. The van der Waals surface area contributed by atoms with Crippen molar-refractivity contribution in [3.63, 3.8) is 0 Å². The minimum atomic E-state index is -0.703. The van der Waals surface area contributed by atoms with Crippen molar-refractivity contribution in [3.8, 4) is 0 Å². The molecule has 0 saturated carbocycles. The van der Waals surface area contributed by atoms with Gasteiger partial charge in [0.15, 0.2) is 0 Å². The average molecular weight is 405 g/mol. The molecule has 0 aromatic heterocycles. The lowest BCUT2D eigenvalue weighted by molar-refractivity contribution is -0.154. The van der Waals surface area contributed by atoms with Crippen LogP contribution in [0.4, 0.5) is 10.5 Å². The summed E-state index contributed by atoms with van der Waals surface area (Å²) in [4.78, 5) is 34.6. The highest BCUT2D eigenvalue weighted by Crippen LogP contribution is 2.25. The Balaban J connectivity index is 2.55. The topological polar surface area (TPSA) is 111 Å². The molecule has 0 unspecified atom stereocenters. The van der Waals surface area contributed by atoms with Crippen molar-refractivity contribution in [1.82, 2.24) is 15.9 Å². The number of benzene rings is 1. The molecule has 1 rings (SSSR count). The van der Waals surface area contributed by atoms with E-state index >= 15 is 0 Å². The predicted octanol–water partition coefficient (Wildman–Crippen LogP) is 3.19. The Labute approximate surface area is 161 Å². The number of hydrogen-bond acceptors (Lipinski definition) is 4. The van der Waals surface area contributed by atoms with Crippen molar-refractivity contribution in [2.45, 2.75) is 32.6 Å². The molecule has 1 atom stereocenters. The van der Waals surface area contributed by atoms with Crippen LogP contribution in [0.15, 0.2) is 18.2 Å². The smallest absolute Gasteiger partial charge is 0.305 e. The highest BCUT2D eigenvalue weighted by atomic mass is 35.5. The molecule has 0 bridgehead atoms. The van der Waals surface area contributed by atoms with Gasteiger partial charge < -0.3 is 5.32 Å². The van der Waals surface area contributed by atoms with Crippen LogP contribution in [0.25, 0.3) is 0 Å². The number of hydroxylamine groups is 2. The van der Waals surface area contributed by atoms with E-state index in [-0.39, 0.29) is 18.0 Å². The van der Waals surface area contributed by atoms with Crippen molar-refractivity contribution < 1.29 is 19.6 Å². The van der Waals surface area contributed by atoms with Gasteiger partial charge in [-0.25, -0.2) is 15.3 Å². The van der Waals surface area contributed by atoms with Gasteiger partial charge in [-0.3, -0.25) is 20.2 Å². The molecule has 144 valence electrons. The molecule has 0 radical (unpaired) electrons. The van der Waals surface area contributed by atoms with Crippen LogP contribution in [0, 0.1) is 5.92 Å². The van der Waals surface area contributed by atoms with Crippen molar-refractivity contribution in [2.75, 3.05) is 11.9 Å². The molecule has 0 aliphatic heterocycles. The number of halogens is 2. The lowest BCUT2D eigenvalue weighted by Crippen LogP contribution is -2.48. The number of carbonyl (C=O) groups is 3. The van der Waals surface area contributed by atoms with E-state index in [1.54, 1.807) is 6.07 Å². The summed E-state index contributed by atoms with van der Waals surface area (Å²) < 4.78 is 0. The highest BCUT2D eigenvalue weighted by Gasteiger charge is 2.21. The molecule has 0 fully saturated rings. The van der Waals surface area contributed by atoms with E-state index in [1.165, 1.54) is 12.1 Å². The fraction of sp³-hybridized carbons (Fsp3) is 0.438. The first-order valence-electron chi connectivity index (χ1n) is 8.10. The summed E-state index contributed by atoms with van der Waals surface area (Å²) in [6.45, 7) is 1.86. The SMILES string of the molecule is CCCCC[C@H](CN(O)C=O)C(=O)NNC(=O)Nc1ccc(Cl)cc1Cl. The van der Waals surface area contributed by atoms with Gasteiger partial charge in [-0.2, -0.15) is 0 Å². The van der Waals surface area contributed by atoms with Crippen LogP contribution in [-0.4, -0.2) is 35.2 Å². The van der Waals surface area contributed by atoms with Crippen LogP contribution >= 0.6 is 23.2 Å². The van der Waals surface area contributed by atoms with Crippen LogP contribution in [0.5, 0.6) is 0 Å². The Hall–Kier alpha value is -2.03. The zero-order chi connectivity index (χ0) is 19.5. The fourth-order valence-electron chi connectivity index (χ4n) is 2.18. The van der Waals surface area contributed by atoms with Gasteiger partial charge in [0.2, 0.25) is 12.3 Å². The summed E-state index contributed by atoms with van der Waals surface area (Å²) >= 11 is 11.7. The lowest BCUT2D eigenvalue weighted by Gasteiger charge is -2.19. The number of unbranched alkanes of at least 4 members (excludes halogenated alkanes) is 2. The Bertz CT molecular complexity index is 630. The number of urea groups is 1. The van der Waals surface area contributed by atoms with Gasteiger partial charge in [0.1, 0.15) is 0 Å². The molecule has 0 spiro atoms. The summed E-state index contributed by atoms with van der Waals surface area (Å²) in [5.74, 6) is -1.17. The average Bonchev–Trinajstić information content (AvgIpc) is 2.61. The minimum Gasteiger partial charge on any atom is -0.305 e. The quantitative estimate of drug-likeness (QED) is 0.219. The zero-order valence-electron chi connectivity index (χ0n) is 14.3. The van der Waals surface area contributed by atoms with Gasteiger partial charge >= 0.3 is 6.03 Å². The lowest BCUT2D eigenvalue weighted by atomic mass is 10.0. The number of rotatable bonds is 9. The molecule has 1 aromatic rings. The number of hydrazine groups is 1. The van der Waals surface area contributed by atoms with Crippen LogP contribution in [0.2, 0.25) is 10.0 Å². The van der Waals surface area contributed by atoms with E-state index in [0.717, 1.165) is 19.3 Å². The first-order valence-corrected chi connectivity index (χ1v) is 8.85. The molecule has 0 aliphatic carbocycles. The maximum absolute atomic E-state index is 12.2. The maximum Gasteiger partial charge on any atom is 0.337 e. The van der Waals surface area contributed by atoms with Gasteiger partial charge in [0.25, 0.3) is 0 Å². The first-order chi connectivity index (χ1) is 12.4. The Morgan fingerprint density at radius 3 is 2.62 bits per heavy atom. The maximum atomic E-state index is 12.2. The molecule has 4 amide bonds. The zero-order valence-corrected chi connectivity index (χ0v) is 15.8. The molecule has 26 heavy (non-hydrogen) atoms. The number of anilines is 1. The summed E-state index contributed by atoms with van der Waals surface area (Å²) in [6, 6.07) is 3.84. The van der Waals surface area contributed by atoms with Gasteiger partial charge in [0, 0.05) is 5.02 Å². The van der Waals surface area contributed by atoms with Crippen LogP contribution in [-0.2, 0) is 9.59 Å². The third kappa shape index (κ3) is 7.90. The molecule has 10 heteroatoms. The molecule has 0 saturated heterocycles. The second-order valence-electron chi connectivity index (χ2n) is 5.61. The van der Waals surface area contributed by atoms with Gasteiger partial charge in [-0.15, -0.1) is 0 Å². The normalized spacial score (nSPS) is 11.4. The van der Waals surface area contributed by atoms with Crippen LogP contribution in [0.1, 0.15) is 32.6 Å². The molecule has 8 nitrogen and oxygen atoms in total. The number of nitrogens with one attached hydrogen (secondary N) is 3. The van der Waals surface area contributed by atoms with Crippen LogP contribution in [0.3, 0.4) is 0 Å². The minimum absolute atomic E-state index is 0.161. The molecule has 4 N–H and O–H groups in total. The monoisotopic (exact) mass is 404 g/mol. The van der Waals surface area contributed by atoms with Gasteiger partial charge in [-0.1, -0.05) is 49.4 Å². The number of carbonyl (C=O) groups excluding carboxylic acids is 3. The molecular weight excluding hydrogens is 383 g/mol. The van der Waals surface area contributed by atoms with E-state index in [2.05, 4.69) is 16.2 Å². The number of hydrogen-bond donors (Lipinski definition) is 4. The third-order valence-corrected chi connectivity index (χ3v) is 4.08. The molecule has 0 aliphatic rings. The Morgan fingerprint density at radius 2 is 2.00 bits per heavy atom. The third-order valence-electron chi connectivity index (χ3n) is 3.53. The number of amides is 4. The second-order valence-corrected chi connectivity index (χ2v) is 6.46. The highest BCUT2D eigenvalue weighted by molar-refractivity contribution is 6.36. The Morgan fingerprint density at radius 1 is 1.27 bits per heavy atom. The molecule has 1 aromatic carbocycles. The van der Waals surface area contributed by atoms with E-state index in [1.807, 2.05) is 6.92 Å². The predicted molar refractivity (Wildman–Crippen MR) is 98.9 cm³/mol. The van der Waals surface area contributed by atoms with E-state index in [4.69, 9.17) is 23.2 Å². The van der Waals surface area contributed by atoms with Gasteiger partial charge in [0.05, 0.1) is 23.2 Å². The van der Waals surface area contributed by atoms with Crippen LogP contribution < -0.4 is 16.2 Å². The Kier molecular flexibility index (Phi) is 9.79. The molecular formula is C16H22Cl2N4O4. The fourth-order valence-corrected chi connectivity index (χ4v) is 2.64. The van der Waals surface area contributed by atoms with E-state index in [9.17, 15) is 19.6 Å².